The molecule has 102 valence electrons. The molecule has 1 aromatic heterocycles. The van der Waals surface area contributed by atoms with E-state index in [9.17, 15) is 9.59 Å². The molecule has 1 amide bonds. The largest absolute Gasteiger partial charge is 0.480 e. The van der Waals surface area contributed by atoms with Gasteiger partial charge in [-0.2, -0.15) is 0 Å². The van der Waals surface area contributed by atoms with Crippen molar-refractivity contribution in [3.8, 4) is 0 Å². The Morgan fingerprint density at radius 3 is 2.79 bits per heavy atom. The smallest absolute Gasteiger partial charge is 0.323 e. The van der Waals surface area contributed by atoms with Gasteiger partial charge in [0.1, 0.15) is 18.1 Å². The number of amides is 1. The number of aliphatic carboxylic acids is 1. The molecule has 1 saturated carbocycles. The lowest BCUT2D eigenvalue weighted by atomic mass is 10.3. The highest BCUT2D eigenvalue weighted by molar-refractivity contribution is 5.93. The van der Waals surface area contributed by atoms with E-state index in [1.54, 1.807) is 6.08 Å². The fraction of sp³-hybridized carbons (Fsp3) is 0.429. The number of carbonyl (C=O) groups excluding carboxylic acids is 1. The first kappa shape index (κ1) is 13.4. The SMILES string of the molecule is CC1CC1c1ccc(/C=C/C(=O)N(C)CC(=O)O)o1. The van der Waals surface area contributed by atoms with Gasteiger partial charge in [-0.05, 0) is 30.5 Å². The first-order valence-corrected chi connectivity index (χ1v) is 6.22. The summed E-state index contributed by atoms with van der Waals surface area (Å²) in [6, 6.07) is 3.75. The summed E-state index contributed by atoms with van der Waals surface area (Å²) in [4.78, 5) is 23.2. The molecule has 0 spiro atoms. The maximum absolute atomic E-state index is 11.6. The summed E-state index contributed by atoms with van der Waals surface area (Å²) in [7, 11) is 1.44. The van der Waals surface area contributed by atoms with E-state index in [1.807, 2.05) is 12.1 Å². The summed E-state index contributed by atoms with van der Waals surface area (Å²) < 4.78 is 5.62. The lowest BCUT2D eigenvalue weighted by Crippen LogP contribution is -2.30. The zero-order valence-corrected chi connectivity index (χ0v) is 11.0. The Kier molecular flexibility index (Phi) is 3.74. The number of carboxylic acids is 1. The predicted molar refractivity (Wildman–Crippen MR) is 69.5 cm³/mol. The first-order valence-electron chi connectivity index (χ1n) is 6.22. The van der Waals surface area contributed by atoms with E-state index >= 15 is 0 Å². The van der Waals surface area contributed by atoms with Gasteiger partial charge in [0.15, 0.2) is 0 Å². The number of likely N-dealkylation sites (N-methyl/N-ethyl adjacent to an activating group) is 1. The molecule has 1 N–H and O–H groups in total. The molecule has 1 aromatic rings. The third kappa shape index (κ3) is 3.47. The van der Waals surface area contributed by atoms with Gasteiger partial charge in [-0.1, -0.05) is 6.92 Å². The average Bonchev–Trinajstić information content (AvgIpc) is 2.89. The highest BCUT2D eigenvalue weighted by atomic mass is 16.4. The van der Waals surface area contributed by atoms with Crippen LogP contribution in [0.4, 0.5) is 0 Å². The Balaban J connectivity index is 1.92. The molecule has 0 bridgehead atoms. The standard InChI is InChI=1S/C14H17NO4/c1-9-7-11(9)12-5-3-10(19-12)4-6-13(16)15(2)8-14(17)18/h3-6,9,11H,7-8H2,1-2H3,(H,17,18)/b6-4+. The summed E-state index contributed by atoms with van der Waals surface area (Å²) in [5.41, 5.74) is 0. The lowest BCUT2D eigenvalue weighted by molar-refractivity contribution is -0.141. The van der Waals surface area contributed by atoms with Crippen LogP contribution in [0.15, 0.2) is 22.6 Å². The van der Waals surface area contributed by atoms with Crippen LogP contribution in [-0.4, -0.2) is 35.5 Å². The van der Waals surface area contributed by atoms with Crippen molar-refractivity contribution in [1.82, 2.24) is 4.90 Å². The molecule has 2 unspecified atom stereocenters. The molecule has 0 radical (unpaired) electrons. The number of furan rings is 1. The second-order valence-electron chi connectivity index (χ2n) is 4.98. The van der Waals surface area contributed by atoms with Crippen LogP contribution in [0.3, 0.4) is 0 Å². The third-order valence-electron chi connectivity index (χ3n) is 3.26. The van der Waals surface area contributed by atoms with E-state index in [-0.39, 0.29) is 12.5 Å². The number of rotatable bonds is 5. The maximum atomic E-state index is 11.6. The van der Waals surface area contributed by atoms with Crippen LogP contribution in [0.1, 0.15) is 30.8 Å². The van der Waals surface area contributed by atoms with Crippen molar-refractivity contribution in [3.05, 3.63) is 29.7 Å². The van der Waals surface area contributed by atoms with Gasteiger partial charge in [0.05, 0.1) is 0 Å². The van der Waals surface area contributed by atoms with E-state index in [1.165, 1.54) is 13.1 Å². The van der Waals surface area contributed by atoms with Crippen LogP contribution in [0, 0.1) is 5.92 Å². The quantitative estimate of drug-likeness (QED) is 0.824. The van der Waals surface area contributed by atoms with Crippen molar-refractivity contribution < 1.29 is 19.1 Å². The Hall–Kier alpha value is -2.04. The van der Waals surface area contributed by atoms with Gasteiger partial charge in [-0.3, -0.25) is 9.59 Å². The summed E-state index contributed by atoms with van der Waals surface area (Å²) in [5, 5.41) is 8.58. The zero-order chi connectivity index (χ0) is 14.0. The Morgan fingerprint density at radius 1 is 1.53 bits per heavy atom. The van der Waals surface area contributed by atoms with Crippen LogP contribution in [0.2, 0.25) is 0 Å². The number of hydrogen-bond acceptors (Lipinski definition) is 3. The van der Waals surface area contributed by atoms with E-state index < -0.39 is 5.97 Å². The topological polar surface area (TPSA) is 70.8 Å². The number of hydrogen-bond donors (Lipinski definition) is 1. The highest BCUT2D eigenvalue weighted by Gasteiger charge is 2.36. The minimum atomic E-state index is -1.03. The fourth-order valence-electron chi connectivity index (χ4n) is 1.94. The van der Waals surface area contributed by atoms with Crippen molar-refractivity contribution >= 4 is 18.0 Å². The molecule has 5 nitrogen and oxygen atoms in total. The second-order valence-corrected chi connectivity index (χ2v) is 4.98. The first-order chi connectivity index (χ1) is 8.97. The third-order valence-corrected chi connectivity index (χ3v) is 3.26. The summed E-state index contributed by atoms with van der Waals surface area (Å²) >= 11 is 0. The molecular formula is C14H17NO4. The molecule has 19 heavy (non-hydrogen) atoms. The molecule has 1 fully saturated rings. The minimum Gasteiger partial charge on any atom is -0.480 e. The van der Waals surface area contributed by atoms with Gasteiger partial charge in [-0.15, -0.1) is 0 Å². The molecule has 5 heteroatoms. The van der Waals surface area contributed by atoms with Gasteiger partial charge in [-0.25, -0.2) is 0 Å². The maximum Gasteiger partial charge on any atom is 0.323 e. The number of nitrogens with zero attached hydrogens (tertiary/aromatic N) is 1. The predicted octanol–water partition coefficient (Wildman–Crippen LogP) is 1.96. The molecule has 1 heterocycles. The van der Waals surface area contributed by atoms with Gasteiger partial charge >= 0.3 is 5.97 Å². The van der Waals surface area contributed by atoms with Crippen LogP contribution < -0.4 is 0 Å². The second kappa shape index (κ2) is 5.30. The van der Waals surface area contributed by atoms with Crippen LogP contribution >= 0.6 is 0 Å². The summed E-state index contributed by atoms with van der Waals surface area (Å²) in [6.07, 6.45) is 4.04. The minimum absolute atomic E-state index is 0.313. The lowest BCUT2D eigenvalue weighted by Gasteiger charge is -2.10. The van der Waals surface area contributed by atoms with Crippen molar-refractivity contribution in [2.75, 3.05) is 13.6 Å². The monoisotopic (exact) mass is 263 g/mol. The molecular weight excluding hydrogens is 246 g/mol. The van der Waals surface area contributed by atoms with E-state index in [0.717, 1.165) is 17.1 Å². The normalized spacial score (nSPS) is 21.6. The molecule has 2 rings (SSSR count). The van der Waals surface area contributed by atoms with Crippen LogP contribution in [-0.2, 0) is 9.59 Å². The fourth-order valence-corrected chi connectivity index (χ4v) is 1.94. The molecule has 2 atom stereocenters. The van der Waals surface area contributed by atoms with E-state index in [4.69, 9.17) is 9.52 Å². The van der Waals surface area contributed by atoms with Gasteiger partial charge in [0, 0.05) is 19.0 Å². The number of carbonyl (C=O) groups is 2. The molecule has 1 aliphatic rings. The Bertz CT molecular complexity index is 517. The summed E-state index contributed by atoms with van der Waals surface area (Å²) in [5.74, 6) is 1.36. The van der Waals surface area contributed by atoms with Gasteiger partial charge in [0.25, 0.3) is 0 Å². The molecule has 0 aromatic carbocycles. The molecule has 0 saturated heterocycles. The van der Waals surface area contributed by atoms with E-state index in [2.05, 4.69) is 6.92 Å². The van der Waals surface area contributed by atoms with E-state index in [0.29, 0.717) is 17.6 Å². The molecule has 0 aliphatic heterocycles. The van der Waals surface area contributed by atoms with Gasteiger partial charge < -0.3 is 14.4 Å². The van der Waals surface area contributed by atoms with Crippen molar-refractivity contribution in [1.29, 1.82) is 0 Å². The van der Waals surface area contributed by atoms with Crippen LogP contribution in [0.5, 0.6) is 0 Å². The van der Waals surface area contributed by atoms with Crippen molar-refractivity contribution in [2.24, 2.45) is 5.92 Å². The molecule has 1 aliphatic carbocycles. The Labute approximate surface area is 111 Å². The van der Waals surface area contributed by atoms with Crippen molar-refractivity contribution in [3.63, 3.8) is 0 Å². The van der Waals surface area contributed by atoms with Crippen LogP contribution in [0.25, 0.3) is 6.08 Å². The summed E-state index contributed by atoms with van der Waals surface area (Å²) in [6.45, 7) is 1.86. The Morgan fingerprint density at radius 2 is 2.21 bits per heavy atom. The van der Waals surface area contributed by atoms with Crippen molar-refractivity contribution in [2.45, 2.75) is 19.3 Å². The highest BCUT2D eigenvalue weighted by Crippen LogP contribution is 2.47. The average molecular weight is 263 g/mol. The number of carboxylic acid groups (broad SMARTS) is 1. The van der Waals surface area contributed by atoms with Gasteiger partial charge in [0.2, 0.25) is 5.91 Å². The zero-order valence-electron chi connectivity index (χ0n) is 11.0.